The van der Waals surface area contributed by atoms with E-state index >= 15 is 0 Å². The SMILES string of the molecule is CCNC(CC1CCOCC1)c1cccc(OC(F)F)c1. The fraction of sp³-hybridized carbons (Fsp3) is 0.625. The maximum absolute atomic E-state index is 12.3. The Morgan fingerprint density at radius 3 is 2.76 bits per heavy atom. The van der Waals surface area contributed by atoms with E-state index in [4.69, 9.17) is 4.74 Å². The number of nitrogens with one attached hydrogen (secondary N) is 1. The monoisotopic (exact) mass is 299 g/mol. The molecular formula is C16H23F2NO2. The van der Waals surface area contributed by atoms with Gasteiger partial charge in [0.2, 0.25) is 0 Å². The smallest absolute Gasteiger partial charge is 0.387 e. The quantitative estimate of drug-likeness (QED) is 0.831. The molecule has 0 radical (unpaired) electrons. The molecule has 1 aliphatic heterocycles. The first kappa shape index (κ1) is 16.2. The van der Waals surface area contributed by atoms with Crippen molar-refractivity contribution in [2.24, 2.45) is 5.92 Å². The molecule has 1 heterocycles. The van der Waals surface area contributed by atoms with Crippen LogP contribution in [0.2, 0.25) is 0 Å². The van der Waals surface area contributed by atoms with Crippen LogP contribution >= 0.6 is 0 Å². The molecule has 1 aromatic rings. The fourth-order valence-corrected chi connectivity index (χ4v) is 2.81. The van der Waals surface area contributed by atoms with Crippen LogP contribution in [-0.2, 0) is 4.74 Å². The number of alkyl halides is 2. The molecule has 1 N–H and O–H groups in total. The van der Waals surface area contributed by atoms with Crippen LogP contribution in [-0.4, -0.2) is 26.4 Å². The summed E-state index contributed by atoms with van der Waals surface area (Å²) in [7, 11) is 0. The summed E-state index contributed by atoms with van der Waals surface area (Å²) < 4.78 is 34.5. The zero-order valence-electron chi connectivity index (χ0n) is 12.4. The molecule has 1 atom stereocenters. The Kier molecular flexibility index (Phi) is 6.39. The van der Waals surface area contributed by atoms with Gasteiger partial charge in [-0.3, -0.25) is 0 Å². The number of rotatable bonds is 7. The number of halogens is 2. The molecule has 1 unspecified atom stereocenters. The van der Waals surface area contributed by atoms with Gasteiger partial charge in [-0.25, -0.2) is 0 Å². The molecule has 0 amide bonds. The van der Waals surface area contributed by atoms with Gasteiger partial charge in [0.05, 0.1) is 0 Å². The van der Waals surface area contributed by atoms with Crippen molar-refractivity contribution in [3.05, 3.63) is 29.8 Å². The highest BCUT2D eigenvalue weighted by Crippen LogP contribution is 2.29. The predicted octanol–water partition coefficient (Wildman–Crippen LogP) is 3.76. The standard InChI is InChI=1S/C16H23F2NO2/c1-2-19-15(10-12-6-8-20-9-7-12)13-4-3-5-14(11-13)21-16(17)18/h3-5,11-12,15-16,19H,2,6-10H2,1H3. The van der Waals surface area contributed by atoms with E-state index in [1.54, 1.807) is 18.2 Å². The highest BCUT2D eigenvalue weighted by molar-refractivity contribution is 5.30. The van der Waals surface area contributed by atoms with Crippen LogP contribution in [0, 0.1) is 5.92 Å². The maximum Gasteiger partial charge on any atom is 0.387 e. The first-order chi connectivity index (χ1) is 10.2. The van der Waals surface area contributed by atoms with E-state index in [0.717, 1.165) is 44.6 Å². The molecule has 1 fully saturated rings. The van der Waals surface area contributed by atoms with E-state index in [0.29, 0.717) is 5.92 Å². The van der Waals surface area contributed by atoms with Crippen LogP contribution < -0.4 is 10.1 Å². The van der Waals surface area contributed by atoms with E-state index in [9.17, 15) is 8.78 Å². The number of hydrogen-bond donors (Lipinski definition) is 1. The normalized spacial score (nSPS) is 17.9. The van der Waals surface area contributed by atoms with E-state index in [1.807, 2.05) is 6.07 Å². The topological polar surface area (TPSA) is 30.5 Å². The lowest BCUT2D eigenvalue weighted by Crippen LogP contribution is -2.26. The second-order valence-corrected chi connectivity index (χ2v) is 5.35. The van der Waals surface area contributed by atoms with Gasteiger partial charge in [-0.2, -0.15) is 8.78 Å². The first-order valence-corrected chi connectivity index (χ1v) is 7.55. The van der Waals surface area contributed by atoms with Crippen molar-refractivity contribution in [3.8, 4) is 5.75 Å². The molecule has 0 aliphatic carbocycles. The van der Waals surface area contributed by atoms with Crippen molar-refractivity contribution < 1.29 is 18.3 Å². The summed E-state index contributed by atoms with van der Waals surface area (Å²) in [5.41, 5.74) is 1.00. The summed E-state index contributed by atoms with van der Waals surface area (Å²) in [6.45, 7) is 1.74. The third-order valence-corrected chi connectivity index (χ3v) is 3.85. The van der Waals surface area contributed by atoms with Crippen LogP contribution in [0.5, 0.6) is 5.75 Å². The van der Waals surface area contributed by atoms with Crippen molar-refractivity contribution in [3.63, 3.8) is 0 Å². The van der Waals surface area contributed by atoms with Crippen molar-refractivity contribution >= 4 is 0 Å². The minimum absolute atomic E-state index is 0.166. The number of ether oxygens (including phenoxy) is 2. The van der Waals surface area contributed by atoms with Crippen molar-refractivity contribution in [2.75, 3.05) is 19.8 Å². The van der Waals surface area contributed by atoms with Crippen LogP contribution in [0.15, 0.2) is 24.3 Å². The van der Waals surface area contributed by atoms with Gasteiger partial charge in [-0.1, -0.05) is 19.1 Å². The van der Waals surface area contributed by atoms with Gasteiger partial charge in [-0.05, 0) is 49.4 Å². The van der Waals surface area contributed by atoms with Crippen molar-refractivity contribution in [1.82, 2.24) is 5.32 Å². The first-order valence-electron chi connectivity index (χ1n) is 7.55. The van der Waals surface area contributed by atoms with Gasteiger partial charge in [0.15, 0.2) is 0 Å². The van der Waals surface area contributed by atoms with Gasteiger partial charge in [0.25, 0.3) is 0 Å². The van der Waals surface area contributed by atoms with Crippen molar-refractivity contribution in [2.45, 2.75) is 38.8 Å². The molecule has 118 valence electrons. The molecular weight excluding hydrogens is 276 g/mol. The average molecular weight is 299 g/mol. The van der Waals surface area contributed by atoms with E-state index in [-0.39, 0.29) is 11.8 Å². The Morgan fingerprint density at radius 2 is 2.10 bits per heavy atom. The number of benzene rings is 1. The molecule has 1 aliphatic rings. The van der Waals surface area contributed by atoms with Gasteiger partial charge in [0.1, 0.15) is 5.75 Å². The van der Waals surface area contributed by atoms with Crippen LogP contribution in [0.3, 0.4) is 0 Å². The lowest BCUT2D eigenvalue weighted by Gasteiger charge is -2.27. The fourth-order valence-electron chi connectivity index (χ4n) is 2.81. The Hall–Kier alpha value is -1.20. The highest BCUT2D eigenvalue weighted by Gasteiger charge is 2.20. The van der Waals surface area contributed by atoms with Crippen molar-refractivity contribution in [1.29, 1.82) is 0 Å². The molecule has 0 spiro atoms. The minimum atomic E-state index is -2.78. The molecule has 0 saturated carbocycles. The Bertz CT molecular complexity index is 422. The zero-order chi connectivity index (χ0) is 15.1. The van der Waals surface area contributed by atoms with Crippen LogP contribution in [0.25, 0.3) is 0 Å². The summed E-state index contributed by atoms with van der Waals surface area (Å²) in [5.74, 6) is 0.833. The molecule has 0 bridgehead atoms. The van der Waals surface area contributed by atoms with Crippen LogP contribution in [0.1, 0.15) is 37.8 Å². The third kappa shape index (κ3) is 5.25. The summed E-state index contributed by atoms with van der Waals surface area (Å²) in [5, 5.41) is 3.44. The molecule has 1 saturated heterocycles. The third-order valence-electron chi connectivity index (χ3n) is 3.85. The largest absolute Gasteiger partial charge is 0.435 e. The second-order valence-electron chi connectivity index (χ2n) is 5.35. The summed E-state index contributed by atoms with van der Waals surface area (Å²) in [4.78, 5) is 0. The maximum atomic E-state index is 12.3. The molecule has 2 rings (SSSR count). The Labute approximate surface area is 124 Å². The average Bonchev–Trinajstić information content (AvgIpc) is 2.47. The molecule has 5 heteroatoms. The van der Waals surface area contributed by atoms with Gasteiger partial charge in [0, 0.05) is 19.3 Å². The molecule has 3 nitrogen and oxygen atoms in total. The predicted molar refractivity (Wildman–Crippen MR) is 77.7 cm³/mol. The van der Waals surface area contributed by atoms with E-state index in [2.05, 4.69) is 17.0 Å². The summed E-state index contributed by atoms with van der Waals surface area (Å²) in [6, 6.07) is 7.16. The Balaban J connectivity index is 2.05. The Morgan fingerprint density at radius 1 is 1.33 bits per heavy atom. The highest BCUT2D eigenvalue weighted by atomic mass is 19.3. The zero-order valence-corrected chi connectivity index (χ0v) is 12.4. The number of hydrogen-bond acceptors (Lipinski definition) is 3. The van der Waals surface area contributed by atoms with Gasteiger partial charge in [-0.15, -0.1) is 0 Å². The minimum Gasteiger partial charge on any atom is -0.435 e. The second kappa shape index (κ2) is 8.29. The molecule has 1 aromatic carbocycles. The van der Waals surface area contributed by atoms with Gasteiger partial charge >= 0.3 is 6.61 Å². The lowest BCUT2D eigenvalue weighted by molar-refractivity contribution is -0.0499. The summed E-state index contributed by atoms with van der Waals surface area (Å²) in [6.07, 6.45) is 3.12. The van der Waals surface area contributed by atoms with Crippen LogP contribution in [0.4, 0.5) is 8.78 Å². The van der Waals surface area contributed by atoms with Gasteiger partial charge < -0.3 is 14.8 Å². The summed E-state index contributed by atoms with van der Waals surface area (Å²) >= 11 is 0. The van der Waals surface area contributed by atoms with E-state index in [1.165, 1.54) is 0 Å². The molecule has 21 heavy (non-hydrogen) atoms. The van der Waals surface area contributed by atoms with E-state index < -0.39 is 6.61 Å². The molecule has 0 aromatic heterocycles. The lowest BCUT2D eigenvalue weighted by atomic mass is 9.89.